The number of hydrogen-bond acceptors (Lipinski definition) is 4. The molecule has 0 aliphatic heterocycles. The van der Waals surface area contributed by atoms with Crippen LogP contribution in [-0.2, 0) is 6.54 Å². The lowest BCUT2D eigenvalue weighted by Gasteiger charge is -2.18. The van der Waals surface area contributed by atoms with E-state index in [1.165, 1.54) is 11.0 Å². The number of halogens is 4. The van der Waals surface area contributed by atoms with Gasteiger partial charge in [-0.3, -0.25) is 4.79 Å². The van der Waals surface area contributed by atoms with Crippen LogP contribution in [0.2, 0.25) is 5.02 Å². The van der Waals surface area contributed by atoms with E-state index in [-0.39, 0.29) is 17.1 Å². The zero-order chi connectivity index (χ0) is 19.3. The van der Waals surface area contributed by atoms with Gasteiger partial charge >= 0.3 is 6.18 Å². The molecule has 5 nitrogen and oxygen atoms in total. The number of amides is 1. The minimum Gasteiger partial charge on any atom is -0.467 e. The van der Waals surface area contributed by atoms with Crippen LogP contribution in [0, 0.1) is 11.3 Å². The number of carbonyl (C=O) groups excluding carboxylic acids is 1. The van der Waals surface area contributed by atoms with Crippen LogP contribution in [0.1, 0.15) is 21.5 Å². The Morgan fingerprint density at radius 2 is 2.00 bits per heavy atom. The van der Waals surface area contributed by atoms with Gasteiger partial charge in [-0.2, -0.15) is 18.4 Å². The highest BCUT2D eigenvalue weighted by Crippen LogP contribution is 2.25. The molecule has 1 amide bonds. The molecular formula is C17H13ClF3N3O2. The van der Waals surface area contributed by atoms with Crippen LogP contribution in [0.25, 0.3) is 0 Å². The summed E-state index contributed by atoms with van der Waals surface area (Å²) in [5.74, 6) is -0.804. The molecule has 0 radical (unpaired) electrons. The van der Waals surface area contributed by atoms with Gasteiger partial charge in [0.05, 0.1) is 17.2 Å². The van der Waals surface area contributed by atoms with E-state index in [2.05, 4.69) is 9.72 Å². The van der Waals surface area contributed by atoms with Gasteiger partial charge in [-0.1, -0.05) is 23.7 Å². The maximum atomic E-state index is 12.4. The van der Waals surface area contributed by atoms with Crippen molar-refractivity contribution in [1.29, 1.82) is 5.26 Å². The Kier molecular flexibility index (Phi) is 6.05. The first-order valence-electron chi connectivity index (χ1n) is 7.29. The maximum absolute atomic E-state index is 12.4. The van der Waals surface area contributed by atoms with Crippen molar-refractivity contribution in [1.82, 2.24) is 9.88 Å². The summed E-state index contributed by atoms with van der Waals surface area (Å²) in [6.45, 7) is -1.25. The van der Waals surface area contributed by atoms with E-state index in [1.807, 2.05) is 6.07 Å². The number of nitrogens with zero attached hydrogens (tertiary/aromatic N) is 3. The highest BCUT2D eigenvalue weighted by atomic mass is 35.5. The summed E-state index contributed by atoms with van der Waals surface area (Å²) in [5.41, 5.74) is 1.43. The number of nitriles is 1. The summed E-state index contributed by atoms with van der Waals surface area (Å²) in [7, 11) is 1.56. The predicted molar refractivity (Wildman–Crippen MR) is 87.8 cm³/mol. The van der Waals surface area contributed by atoms with E-state index in [9.17, 15) is 18.0 Å². The highest BCUT2D eigenvalue weighted by molar-refractivity contribution is 6.32. The van der Waals surface area contributed by atoms with Gasteiger partial charge in [-0.15, -0.1) is 0 Å². The molecule has 0 unspecified atom stereocenters. The maximum Gasteiger partial charge on any atom is 0.422 e. The third kappa shape index (κ3) is 5.36. The van der Waals surface area contributed by atoms with Crippen LogP contribution in [0.15, 0.2) is 36.5 Å². The van der Waals surface area contributed by atoms with Crippen molar-refractivity contribution in [3.05, 3.63) is 58.2 Å². The van der Waals surface area contributed by atoms with Gasteiger partial charge < -0.3 is 9.64 Å². The molecule has 0 saturated carbocycles. The van der Waals surface area contributed by atoms with E-state index in [1.54, 1.807) is 31.3 Å². The van der Waals surface area contributed by atoms with Crippen molar-refractivity contribution in [2.45, 2.75) is 12.7 Å². The lowest BCUT2D eigenvalue weighted by Crippen LogP contribution is -2.26. The molecule has 0 bridgehead atoms. The minimum absolute atomic E-state index is 0.116. The smallest absolute Gasteiger partial charge is 0.422 e. The van der Waals surface area contributed by atoms with Gasteiger partial charge in [0.15, 0.2) is 6.61 Å². The molecular weight excluding hydrogens is 371 g/mol. The zero-order valence-electron chi connectivity index (χ0n) is 13.5. The van der Waals surface area contributed by atoms with E-state index in [0.29, 0.717) is 5.56 Å². The van der Waals surface area contributed by atoms with Gasteiger partial charge in [0.25, 0.3) is 5.91 Å². The molecule has 1 aromatic carbocycles. The van der Waals surface area contributed by atoms with Crippen molar-refractivity contribution in [2.24, 2.45) is 0 Å². The zero-order valence-corrected chi connectivity index (χ0v) is 14.3. The molecule has 2 aromatic rings. The highest BCUT2D eigenvalue weighted by Gasteiger charge is 2.29. The molecule has 0 atom stereocenters. The molecule has 1 aromatic heterocycles. The average molecular weight is 384 g/mol. The number of benzene rings is 1. The van der Waals surface area contributed by atoms with Crippen molar-refractivity contribution < 1.29 is 22.7 Å². The fourth-order valence-electron chi connectivity index (χ4n) is 2.05. The van der Waals surface area contributed by atoms with Crippen LogP contribution in [-0.4, -0.2) is 35.6 Å². The summed E-state index contributed by atoms with van der Waals surface area (Å²) in [5, 5.41) is 8.58. The van der Waals surface area contributed by atoms with Crippen LogP contribution < -0.4 is 4.74 Å². The third-order valence-electron chi connectivity index (χ3n) is 3.28. The van der Waals surface area contributed by atoms with Crippen LogP contribution in [0.5, 0.6) is 5.88 Å². The molecule has 0 saturated heterocycles. The first-order chi connectivity index (χ1) is 12.2. The van der Waals surface area contributed by atoms with Crippen LogP contribution in [0.4, 0.5) is 13.2 Å². The first kappa shape index (κ1) is 19.5. The fraction of sp³-hybridized carbons (Fsp3) is 0.235. The minimum atomic E-state index is -4.51. The summed E-state index contributed by atoms with van der Waals surface area (Å²) >= 11 is 5.84. The average Bonchev–Trinajstić information content (AvgIpc) is 2.59. The molecule has 0 fully saturated rings. The van der Waals surface area contributed by atoms with Gasteiger partial charge in [0.2, 0.25) is 5.88 Å². The summed E-state index contributed by atoms with van der Waals surface area (Å²) in [6.07, 6.45) is -3.41. The molecule has 26 heavy (non-hydrogen) atoms. The largest absolute Gasteiger partial charge is 0.467 e. The quantitative estimate of drug-likeness (QED) is 0.787. The molecule has 136 valence electrons. The third-order valence-corrected chi connectivity index (χ3v) is 3.55. The lowest BCUT2D eigenvalue weighted by atomic mass is 10.1. The van der Waals surface area contributed by atoms with Crippen LogP contribution >= 0.6 is 11.6 Å². The topological polar surface area (TPSA) is 66.2 Å². The van der Waals surface area contributed by atoms with Gasteiger partial charge in [0.1, 0.15) is 5.02 Å². The van der Waals surface area contributed by atoms with Gasteiger partial charge in [-0.05, 0) is 23.8 Å². The van der Waals surface area contributed by atoms with E-state index in [4.69, 9.17) is 16.9 Å². The number of aromatic nitrogens is 1. The SMILES string of the molecule is CN(Cc1ccc(C#N)cc1)C(=O)c1cnc(OCC(F)(F)F)c(Cl)c1. The second-order valence-corrected chi connectivity index (χ2v) is 5.79. The van der Waals surface area contributed by atoms with Gasteiger partial charge in [0, 0.05) is 19.8 Å². The Morgan fingerprint density at radius 3 is 2.54 bits per heavy atom. The fourth-order valence-corrected chi connectivity index (χ4v) is 2.27. The van der Waals surface area contributed by atoms with E-state index >= 15 is 0 Å². The van der Waals surface area contributed by atoms with Crippen LogP contribution in [0.3, 0.4) is 0 Å². The lowest BCUT2D eigenvalue weighted by molar-refractivity contribution is -0.154. The monoisotopic (exact) mass is 383 g/mol. The molecule has 1 heterocycles. The Bertz CT molecular complexity index is 833. The molecule has 0 N–H and O–H groups in total. The Hall–Kier alpha value is -2.79. The number of pyridine rings is 1. The molecule has 0 aliphatic carbocycles. The first-order valence-corrected chi connectivity index (χ1v) is 7.67. The Morgan fingerprint density at radius 1 is 1.35 bits per heavy atom. The van der Waals surface area contributed by atoms with Crippen molar-refractivity contribution in [2.75, 3.05) is 13.7 Å². The summed E-state index contributed by atoms with van der Waals surface area (Å²) < 4.78 is 41.0. The summed E-state index contributed by atoms with van der Waals surface area (Å²) in [4.78, 5) is 17.5. The number of carbonyl (C=O) groups is 1. The van der Waals surface area contributed by atoms with Crippen molar-refractivity contribution in [3.8, 4) is 11.9 Å². The van der Waals surface area contributed by atoms with Crippen molar-refractivity contribution >= 4 is 17.5 Å². The molecule has 2 rings (SSSR count). The van der Waals surface area contributed by atoms with Gasteiger partial charge in [-0.25, -0.2) is 4.98 Å². The molecule has 0 aliphatic rings. The summed E-state index contributed by atoms with van der Waals surface area (Å²) in [6, 6.07) is 9.93. The number of ether oxygens (including phenoxy) is 1. The van der Waals surface area contributed by atoms with E-state index in [0.717, 1.165) is 11.8 Å². The standard InChI is InChI=1S/C17H13ClF3N3O2/c1-24(9-12-4-2-11(7-22)3-5-12)16(25)13-6-14(18)15(23-8-13)26-10-17(19,20)21/h2-6,8H,9-10H2,1H3. The molecule has 0 spiro atoms. The second-order valence-electron chi connectivity index (χ2n) is 5.38. The number of alkyl halides is 3. The number of rotatable bonds is 5. The van der Waals surface area contributed by atoms with E-state index < -0.39 is 24.6 Å². The van der Waals surface area contributed by atoms with Crippen molar-refractivity contribution in [3.63, 3.8) is 0 Å². The Balaban J connectivity index is 2.05. The normalized spacial score (nSPS) is 10.9. The predicted octanol–water partition coefficient (Wildman–Crippen LogP) is 3.82. The number of hydrogen-bond donors (Lipinski definition) is 0. The molecule has 9 heteroatoms. The second kappa shape index (κ2) is 8.06. The Labute approximate surface area is 152 Å².